The van der Waals surface area contributed by atoms with E-state index < -0.39 is 11.5 Å². The van der Waals surface area contributed by atoms with Crippen molar-refractivity contribution in [1.29, 1.82) is 0 Å². The number of pyridine rings is 1. The van der Waals surface area contributed by atoms with Gasteiger partial charge in [-0.25, -0.2) is 4.79 Å². The van der Waals surface area contributed by atoms with Crippen LogP contribution in [0.1, 0.15) is 32.3 Å². The Labute approximate surface area is 106 Å². The van der Waals surface area contributed by atoms with Gasteiger partial charge in [0.2, 0.25) is 5.91 Å². The molecule has 1 unspecified atom stereocenters. The molecule has 0 fully saturated rings. The molecular weight excluding hydrogens is 232 g/mol. The molecule has 1 aromatic rings. The van der Waals surface area contributed by atoms with Gasteiger partial charge in [0, 0.05) is 12.4 Å². The van der Waals surface area contributed by atoms with Crippen molar-refractivity contribution in [3.63, 3.8) is 0 Å². The summed E-state index contributed by atoms with van der Waals surface area (Å²) >= 11 is 0. The van der Waals surface area contributed by atoms with E-state index in [1.807, 2.05) is 6.92 Å². The predicted molar refractivity (Wildman–Crippen MR) is 67.0 cm³/mol. The number of nitrogens with one attached hydrogen (secondary N) is 1. The van der Waals surface area contributed by atoms with Crippen molar-refractivity contribution in [3.05, 3.63) is 30.1 Å². The van der Waals surface area contributed by atoms with Gasteiger partial charge in [0.15, 0.2) is 0 Å². The lowest BCUT2D eigenvalue weighted by Crippen LogP contribution is -2.52. The van der Waals surface area contributed by atoms with Crippen LogP contribution in [0.3, 0.4) is 0 Å². The Kier molecular flexibility index (Phi) is 4.83. The predicted octanol–water partition coefficient (Wildman–Crippen LogP) is 1.38. The maximum atomic E-state index is 11.8. The number of carboxylic acids is 1. The topological polar surface area (TPSA) is 79.3 Å². The van der Waals surface area contributed by atoms with Crippen molar-refractivity contribution in [2.75, 3.05) is 0 Å². The Morgan fingerprint density at radius 2 is 2.22 bits per heavy atom. The lowest BCUT2D eigenvalue weighted by atomic mass is 9.96. The van der Waals surface area contributed by atoms with E-state index in [-0.39, 0.29) is 12.3 Å². The van der Waals surface area contributed by atoms with E-state index in [0.29, 0.717) is 12.8 Å². The number of carbonyl (C=O) groups is 2. The SMILES string of the molecule is CCCC(C)(NC(=O)Cc1cccnc1)C(=O)O. The fourth-order valence-electron chi connectivity index (χ4n) is 1.76. The molecule has 18 heavy (non-hydrogen) atoms. The largest absolute Gasteiger partial charge is 0.480 e. The number of hydrogen-bond acceptors (Lipinski definition) is 3. The number of aliphatic carboxylic acids is 1. The Bertz CT molecular complexity index is 420. The van der Waals surface area contributed by atoms with Crippen LogP contribution in [-0.2, 0) is 16.0 Å². The standard InChI is InChI=1S/C13H18N2O3/c1-3-6-13(2,12(17)18)15-11(16)8-10-5-4-7-14-9-10/h4-5,7,9H,3,6,8H2,1-2H3,(H,15,16)(H,17,18). The van der Waals surface area contributed by atoms with E-state index in [9.17, 15) is 9.59 Å². The van der Waals surface area contributed by atoms with Crippen molar-refractivity contribution in [3.8, 4) is 0 Å². The van der Waals surface area contributed by atoms with E-state index in [1.165, 1.54) is 6.92 Å². The quantitative estimate of drug-likeness (QED) is 0.799. The second kappa shape index (κ2) is 6.14. The van der Waals surface area contributed by atoms with Crippen LogP contribution >= 0.6 is 0 Å². The van der Waals surface area contributed by atoms with E-state index in [0.717, 1.165) is 5.56 Å². The molecule has 0 aliphatic carbocycles. The highest BCUT2D eigenvalue weighted by Crippen LogP contribution is 2.13. The Balaban J connectivity index is 2.65. The molecule has 0 aliphatic heterocycles. The molecule has 0 spiro atoms. The van der Waals surface area contributed by atoms with Gasteiger partial charge < -0.3 is 10.4 Å². The third-order valence-electron chi connectivity index (χ3n) is 2.72. The van der Waals surface area contributed by atoms with Gasteiger partial charge in [0.1, 0.15) is 5.54 Å². The summed E-state index contributed by atoms with van der Waals surface area (Å²) < 4.78 is 0. The lowest BCUT2D eigenvalue weighted by molar-refractivity contribution is -0.147. The maximum Gasteiger partial charge on any atom is 0.329 e. The number of amides is 1. The third-order valence-corrected chi connectivity index (χ3v) is 2.72. The van der Waals surface area contributed by atoms with Crippen LogP contribution in [0.25, 0.3) is 0 Å². The van der Waals surface area contributed by atoms with Crippen LogP contribution < -0.4 is 5.32 Å². The molecule has 0 aromatic carbocycles. The van der Waals surface area contributed by atoms with Gasteiger partial charge in [-0.2, -0.15) is 0 Å². The number of aromatic nitrogens is 1. The summed E-state index contributed by atoms with van der Waals surface area (Å²) in [5.41, 5.74) is -0.437. The van der Waals surface area contributed by atoms with Gasteiger partial charge in [-0.3, -0.25) is 9.78 Å². The summed E-state index contributed by atoms with van der Waals surface area (Å²) in [6.07, 6.45) is 4.45. The molecular formula is C13H18N2O3. The number of carboxylic acid groups (broad SMARTS) is 1. The van der Waals surface area contributed by atoms with E-state index in [4.69, 9.17) is 5.11 Å². The van der Waals surface area contributed by atoms with E-state index in [1.54, 1.807) is 24.5 Å². The summed E-state index contributed by atoms with van der Waals surface area (Å²) in [6.45, 7) is 3.41. The summed E-state index contributed by atoms with van der Waals surface area (Å²) in [4.78, 5) is 26.9. The average Bonchev–Trinajstić information content (AvgIpc) is 2.30. The zero-order chi connectivity index (χ0) is 13.6. The number of rotatable bonds is 6. The number of nitrogens with zero attached hydrogens (tertiary/aromatic N) is 1. The monoisotopic (exact) mass is 250 g/mol. The minimum Gasteiger partial charge on any atom is -0.480 e. The fraction of sp³-hybridized carbons (Fsp3) is 0.462. The van der Waals surface area contributed by atoms with Crippen LogP contribution in [0.2, 0.25) is 0 Å². The molecule has 1 heterocycles. The van der Waals surface area contributed by atoms with Gasteiger partial charge in [-0.15, -0.1) is 0 Å². The molecule has 0 saturated heterocycles. The van der Waals surface area contributed by atoms with Gasteiger partial charge in [-0.1, -0.05) is 19.4 Å². The molecule has 0 saturated carbocycles. The highest BCUT2D eigenvalue weighted by atomic mass is 16.4. The van der Waals surface area contributed by atoms with Gasteiger partial charge in [0.25, 0.3) is 0 Å². The minimum absolute atomic E-state index is 0.139. The maximum absolute atomic E-state index is 11.8. The molecule has 1 atom stereocenters. The fourth-order valence-corrected chi connectivity index (χ4v) is 1.76. The van der Waals surface area contributed by atoms with E-state index in [2.05, 4.69) is 10.3 Å². The Morgan fingerprint density at radius 3 is 2.72 bits per heavy atom. The average molecular weight is 250 g/mol. The molecule has 0 aliphatic rings. The van der Waals surface area contributed by atoms with Crippen LogP contribution in [0, 0.1) is 0 Å². The van der Waals surface area contributed by atoms with Crippen LogP contribution in [0.5, 0.6) is 0 Å². The highest BCUT2D eigenvalue weighted by Gasteiger charge is 2.33. The second-order valence-electron chi connectivity index (χ2n) is 4.47. The summed E-state index contributed by atoms with van der Waals surface area (Å²) in [7, 11) is 0. The van der Waals surface area contributed by atoms with Crippen LogP contribution in [0.15, 0.2) is 24.5 Å². The third kappa shape index (κ3) is 3.84. The zero-order valence-corrected chi connectivity index (χ0v) is 10.6. The summed E-state index contributed by atoms with van der Waals surface area (Å²) in [5, 5.41) is 11.7. The van der Waals surface area contributed by atoms with E-state index >= 15 is 0 Å². The Hall–Kier alpha value is -1.91. The van der Waals surface area contributed by atoms with Crippen LogP contribution in [-0.4, -0.2) is 27.5 Å². The molecule has 2 N–H and O–H groups in total. The van der Waals surface area contributed by atoms with Crippen molar-refractivity contribution in [2.45, 2.75) is 38.6 Å². The molecule has 0 radical (unpaired) electrons. The molecule has 98 valence electrons. The minimum atomic E-state index is -1.20. The van der Waals surface area contributed by atoms with Crippen molar-refractivity contribution in [2.24, 2.45) is 0 Å². The first-order chi connectivity index (χ1) is 8.48. The van der Waals surface area contributed by atoms with Crippen molar-refractivity contribution in [1.82, 2.24) is 10.3 Å². The highest BCUT2D eigenvalue weighted by molar-refractivity contribution is 5.87. The molecule has 1 aromatic heterocycles. The second-order valence-corrected chi connectivity index (χ2v) is 4.47. The van der Waals surface area contributed by atoms with Gasteiger partial charge in [-0.05, 0) is 25.0 Å². The zero-order valence-electron chi connectivity index (χ0n) is 10.6. The molecule has 1 amide bonds. The molecule has 5 heteroatoms. The molecule has 0 bridgehead atoms. The molecule has 5 nitrogen and oxygen atoms in total. The van der Waals surface area contributed by atoms with Crippen molar-refractivity contribution < 1.29 is 14.7 Å². The van der Waals surface area contributed by atoms with Crippen LogP contribution in [0.4, 0.5) is 0 Å². The lowest BCUT2D eigenvalue weighted by Gasteiger charge is -2.25. The summed E-state index contributed by atoms with van der Waals surface area (Å²) in [6, 6.07) is 3.52. The molecule has 1 rings (SSSR count). The first kappa shape index (κ1) is 14.2. The number of hydrogen-bond donors (Lipinski definition) is 2. The van der Waals surface area contributed by atoms with Crippen molar-refractivity contribution >= 4 is 11.9 Å². The Morgan fingerprint density at radius 1 is 1.50 bits per heavy atom. The number of carbonyl (C=O) groups excluding carboxylic acids is 1. The first-order valence-electron chi connectivity index (χ1n) is 5.91. The smallest absolute Gasteiger partial charge is 0.329 e. The van der Waals surface area contributed by atoms with Gasteiger partial charge in [0.05, 0.1) is 6.42 Å². The first-order valence-corrected chi connectivity index (χ1v) is 5.91. The van der Waals surface area contributed by atoms with Gasteiger partial charge >= 0.3 is 5.97 Å². The summed E-state index contributed by atoms with van der Waals surface area (Å²) in [5.74, 6) is -1.31. The normalized spacial score (nSPS) is 13.7.